The normalized spacial score (nSPS) is 16.7. The molecule has 0 saturated carbocycles. The van der Waals surface area contributed by atoms with Gasteiger partial charge in [-0.05, 0) is 17.5 Å². The van der Waals surface area contributed by atoms with Gasteiger partial charge in [0, 0.05) is 24.4 Å². The van der Waals surface area contributed by atoms with Crippen molar-refractivity contribution in [3.05, 3.63) is 35.7 Å². The number of benzene rings is 1. The molecule has 0 fully saturated rings. The predicted octanol–water partition coefficient (Wildman–Crippen LogP) is -0.686. The summed E-state index contributed by atoms with van der Waals surface area (Å²) in [5, 5.41) is 27.5. The van der Waals surface area contributed by atoms with Crippen molar-refractivity contribution in [2.24, 2.45) is 17.6 Å². The van der Waals surface area contributed by atoms with Crippen molar-refractivity contribution >= 4 is 35.2 Å². The highest BCUT2D eigenvalue weighted by atomic mass is 16.4. The van der Waals surface area contributed by atoms with Crippen LogP contribution in [0.5, 0.6) is 0 Å². The zero-order valence-corrected chi connectivity index (χ0v) is 21.2. The Morgan fingerprint density at radius 3 is 2.58 bits per heavy atom. The highest BCUT2D eigenvalue weighted by Crippen LogP contribution is 2.32. The number of amides is 3. The van der Waals surface area contributed by atoms with Gasteiger partial charge in [0.15, 0.2) is 11.6 Å². The van der Waals surface area contributed by atoms with Crippen LogP contribution in [0.3, 0.4) is 0 Å². The number of aromatic amines is 1. The van der Waals surface area contributed by atoms with E-state index in [1.54, 1.807) is 19.1 Å². The van der Waals surface area contributed by atoms with E-state index in [1.165, 1.54) is 4.90 Å². The number of ketones is 1. The SMILES string of the molecule is CC[C@H](C)[C@H](CC(=O)[C@@H](N)CC(=O)O)C(=O)NCC(=O)N1c2ccccc2C[C@H]1C(=O)NCc1nn[nH]n1. The lowest BCUT2D eigenvalue weighted by Gasteiger charge is -2.26. The maximum absolute atomic E-state index is 13.3. The van der Waals surface area contributed by atoms with Gasteiger partial charge in [-0.1, -0.05) is 43.7 Å². The third-order valence-electron chi connectivity index (χ3n) is 6.67. The van der Waals surface area contributed by atoms with E-state index in [0.717, 1.165) is 5.56 Å². The minimum atomic E-state index is -1.22. The molecule has 4 atom stereocenters. The van der Waals surface area contributed by atoms with Crippen LogP contribution in [0, 0.1) is 11.8 Å². The van der Waals surface area contributed by atoms with Crippen LogP contribution in [0.15, 0.2) is 24.3 Å². The molecule has 0 radical (unpaired) electrons. The number of tetrazole rings is 1. The number of fused-ring (bicyclic) bond motifs is 1. The largest absolute Gasteiger partial charge is 0.481 e. The van der Waals surface area contributed by atoms with Crippen molar-refractivity contribution < 1.29 is 29.1 Å². The molecule has 0 saturated heterocycles. The van der Waals surface area contributed by atoms with Crippen molar-refractivity contribution in [3.63, 3.8) is 0 Å². The van der Waals surface area contributed by atoms with Crippen LogP contribution in [-0.4, -0.2) is 73.8 Å². The zero-order valence-electron chi connectivity index (χ0n) is 21.2. The summed E-state index contributed by atoms with van der Waals surface area (Å²) in [6, 6.07) is 5.05. The minimum Gasteiger partial charge on any atom is -0.481 e. The number of aliphatic carboxylic acids is 1. The molecule has 0 spiro atoms. The van der Waals surface area contributed by atoms with Crippen LogP contribution < -0.4 is 21.3 Å². The van der Waals surface area contributed by atoms with Gasteiger partial charge in [0.2, 0.25) is 17.7 Å². The monoisotopic (exact) mass is 528 g/mol. The molecule has 2 aromatic rings. The number of carbonyl (C=O) groups excluding carboxylic acids is 4. The molecule has 0 bridgehead atoms. The van der Waals surface area contributed by atoms with E-state index in [0.29, 0.717) is 18.5 Å². The number of rotatable bonds is 13. The number of H-pyrrole nitrogens is 1. The van der Waals surface area contributed by atoms with Gasteiger partial charge in [-0.2, -0.15) is 5.21 Å². The topological polar surface area (TPSA) is 213 Å². The Bertz CT molecular complexity index is 1170. The first-order chi connectivity index (χ1) is 18.1. The zero-order chi connectivity index (χ0) is 27.8. The molecule has 1 aromatic carbocycles. The number of aromatic nitrogens is 4. The minimum absolute atomic E-state index is 0.0234. The molecule has 38 heavy (non-hydrogen) atoms. The Hall–Kier alpha value is -4.20. The standard InChI is InChI=1S/C24H32N8O6/c1-3-13(2)15(9-19(33)16(25)10-22(35)36)23(37)27-12-21(34)32-17-7-5-4-6-14(17)8-18(32)24(38)26-11-20-28-30-31-29-20/h4-7,13,15-16,18H,3,8-12,25H2,1-2H3,(H,26,38)(H,27,37)(H,35,36)(H,28,29,30,31)/t13-,15-,16-,18-/m0/s1. The van der Waals surface area contributed by atoms with Gasteiger partial charge in [-0.15, -0.1) is 10.2 Å². The number of hydrogen-bond donors (Lipinski definition) is 5. The van der Waals surface area contributed by atoms with Crippen LogP contribution in [0.4, 0.5) is 5.69 Å². The smallest absolute Gasteiger partial charge is 0.305 e. The molecule has 1 aliphatic rings. The van der Waals surface area contributed by atoms with Gasteiger partial charge in [0.05, 0.1) is 25.6 Å². The van der Waals surface area contributed by atoms with E-state index in [9.17, 15) is 24.0 Å². The van der Waals surface area contributed by atoms with Crippen molar-refractivity contribution in [1.82, 2.24) is 31.3 Å². The average molecular weight is 529 g/mol. The highest BCUT2D eigenvalue weighted by Gasteiger charge is 2.38. The average Bonchev–Trinajstić information content (AvgIpc) is 3.55. The Morgan fingerprint density at radius 2 is 1.92 bits per heavy atom. The molecule has 3 amide bonds. The molecule has 204 valence electrons. The second-order valence-corrected chi connectivity index (χ2v) is 9.24. The lowest BCUT2D eigenvalue weighted by atomic mass is 9.85. The van der Waals surface area contributed by atoms with Crippen LogP contribution >= 0.6 is 0 Å². The third kappa shape index (κ3) is 6.97. The first-order valence-corrected chi connectivity index (χ1v) is 12.3. The Kier molecular flexibility index (Phi) is 9.60. The molecule has 1 aliphatic heterocycles. The van der Waals surface area contributed by atoms with Gasteiger partial charge in [0.1, 0.15) is 6.04 Å². The number of nitrogens with zero attached hydrogens (tertiary/aromatic N) is 4. The molecule has 0 aliphatic carbocycles. The van der Waals surface area contributed by atoms with E-state index in [2.05, 4.69) is 31.3 Å². The fourth-order valence-electron chi connectivity index (χ4n) is 4.33. The number of carbonyl (C=O) groups is 5. The molecular formula is C24H32N8O6. The molecule has 3 rings (SSSR count). The number of carboxylic acid groups (broad SMARTS) is 1. The summed E-state index contributed by atoms with van der Waals surface area (Å²) in [5.41, 5.74) is 7.06. The van der Waals surface area contributed by atoms with Crippen molar-refractivity contribution in [2.45, 2.75) is 58.2 Å². The number of anilines is 1. The van der Waals surface area contributed by atoms with E-state index < -0.39 is 60.4 Å². The maximum Gasteiger partial charge on any atom is 0.305 e. The summed E-state index contributed by atoms with van der Waals surface area (Å²) in [7, 11) is 0. The Balaban J connectivity index is 1.68. The molecule has 14 nitrogen and oxygen atoms in total. The molecule has 1 aromatic heterocycles. The fraction of sp³-hybridized carbons (Fsp3) is 0.500. The Morgan fingerprint density at radius 1 is 1.18 bits per heavy atom. The summed E-state index contributed by atoms with van der Waals surface area (Å²) < 4.78 is 0. The van der Waals surface area contributed by atoms with Crippen LogP contribution in [0.25, 0.3) is 0 Å². The summed E-state index contributed by atoms with van der Waals surface area (Å²) in [5.74, 6) is -3.90. The molecule has 2 heterocycles. The van der Waals surface area contributed by atoms with E-state index in [4.69, 9.17) is 10.8 Å². The number of nitrogens with one attached hydrogen (secondary N) is 3. The molecule has 14 heteroatoms. The summed E-state index contributed by atoms with van der Waals surface area (Å²) in [6.45, 7) is 3.28. The second-order valence-electron chi connectivity index (χ2n) is 9.24. The molecular weight excluding hydrogens is 496 g/mol. The van der Waals surface area contributed by atoms with E-state index in [-0.39, 0.29) is 24.7 Å². The van der Waals surface area contributed by atoms with Crippen LogP contribution in [-0.2, 0) is 36.9 Å². The number of nitrogens with two attached hydrogens (primary N) is 1. The first kappa shape index (κ1) is 28.4. The summed E-state index contributed by atoms with van der Waals surface area (Å²) in [4.78, 5) is 64.1. The van der Waals surface area contributed by atoms with Gasteiger partial charge >= 0.3 is 5.97 Å². The highest BCUT2D eigenvalue weighted by molar-refractivity contribution is 6.05. The van der Waals surface area contributed by atoms with Gasteiger partial charge in [0.25, 0.3) is 0 Å². The van der Waals surface area contributed by atoms with Crippen molar-refractivity contribution in [1.29, 1.82) is 0 Å². The lowest BCUT2D eigenvalue weighted by Crippen LogP contribution is -2.51. The van der Waals surface area contributed by atoms with Crippen molar-refractivity contribution in [3.8, 4) is 0 Å². The maximum atomic E-state index is 13.3. The van der Waals surface area contributed by atoms with Crippen LogP contribution in [0.2, 0.25) is 0 Å². The number of carboxylic acids is 1. The second kappa shape index (κ2) is 12.9. The number of hydrogen-bond acceptors (Lipinski definition) is 9. The fourth-order valence-corrected chi connectivity index (χ4v) is 4.33. The van der Waals surface area contributed by atoms with Crippen molar-refractivity contribution in [2.75, 3.05) is 11.4 Å². The lowest BCUT2D eigenvalue weighted by molar-refractivity contribution is -0.139. The van der Waals surface area contributed by atoms with Gasteiger partial charge in [-0.25, -0.2) is 0 Å². The number of Topliss-reactive ketones (excluding diaryl/α,β-unsaturated/α-hetero) is 1. The van der Waals surface area contributed by atoms with E-state index in [1.807, 2.05) is 19.1 Å². The predicted molar refractivity (Wildman–Crippen MR) is 133 cm³/mol. The van der Waals surface area contributed by atoms with Crippen LogP contribution in [0.1, 0.15) is 44.5 Å². The first-order valence-electron chi connectivity index (χ1n) is 12.3. The molecule has 0 unspecified atom stereocenters. The molecule has 6 N–H and O–H groups in total. The quantitative estimate of drug-likeness (QED) is 0.221. The van der Waals surface area contributed by atoms with E-state index >= 15 is 0 Å². The third-order valence-corrected chi connectivity index (χ3v) is 6.67. The van der Waals surface area contributed by atoms with Gasteiger partial charge < -0.3 is 21.5 Å². The summed E-state index contributed by atoms with van der Waals surface area (Å²) >= 11 is 0. The summed E-state index contributed by atoms with van der Waals surface area (Å²) in [6.07, 6.45) is 0.100. The number of para-hydroxylation sites is 1. The Labute approximate surface area is 218 Å². The van der Waals surface area contributed by atoms with Gasteiger partial charge in [-0.3, -0.25) is 28.9 Å².